The topological polar surface area (TPSA) is 17.1 Å². The number of ketones is 1. The summed E-state index contributed by atoms with van der Waals surface area (Å²) in [4.78, 5) is 13.0. The van der Waals surface area contributed by atoms with E-state index in [1.54, 1.807) is 11.3 Å². The number of halogens is 1. The number of Topliss-reactive ketones (excluding diaryl/α,β-unsaturated/α-hetero) is 1. The van der Waals surface area contributed by atoms with Gasteiger partial charge < -0.3 is 0 Å². The zero-order valence-corrected chi connectivity index (χ0v) is 15.0. The van der Waals surface area contributed by atoms with Crippen molar-refractivity contribution in [2.75, 3.05) is 0 Å². The van der Waals surface area contributed by atoms with E-state index in [2.05, 4.69) is 22.9 Å². The molecule has 0 aliphatic rings. The van der Waals surface area contributed by atoms with Crippen molar-refractivity contribution in [3.63, 3.8) is 0 Å². The Morgan fingerprint density at radius 1 is 1.05 bits per heavy atom. The molecule has 0 amide bonds. The predicted molar refractivity (Wildman–Crippen MR) is 92.6 cm³/mol. The lowest BCUT2D eigenvalue weighted by Gasteiger charge is -2.02. The number of rotatable bonds is 12. The highest BCUT2D eigenvalue weighted by molar-refractivity contribution is 9.10. The Morgan fingerprint density at radius 2 is 1.65 bits per heavy atom. The average molecular weight is 359 g/mol. The summed E-state index contributed by atoms with van der Waals surface area (Å²) in [6.07, 6.45) is 13.1. The first-order valence-electron chi connectivity index (χ1n) is 7.97. The Morgan fingerprint density at radius 3 is 2.20 bits per heavy atom. The van der Waals surface area contributed by atoms with Crippen LogP contribution in [0.3, 0.4) is 0 Å². The fourth-order valence-corrected chi connectivity index (χ4v) is 3.87. The lowest BCUT2D eigenvalue weighted by Crippen LogP contribution is -2.01. The van der Waals surface area contributed by atoms with Gasteiger partial charge in [-0.2, -0.15) is 0 Å². The fourth-order valence-electron chi connectivity index (χ4n) is 2.35. The third-order valence-electron chi connectivity index (χ3n) is 3.61. The van der Waals surface area contributed by atoms with Crippen LogP contribution in [0.2, 0.25) is 0 Å². The van der Waals surface area contributed by atoms with Crippen LogP contribution in [-0.2, 0) is 11.2 Å². The van der Waals surface area contributed by atoms with Crippen LogP contribution in [0.25, 0.3) is 0 Å². The van der Waals surface area contributed by atoms with Crippen molar-refractivity contribution in [1.82, 2.24) is 0 Å². The van der Waals surface area contributed by atoms with Gasteiger partial charge in [-0.1, -0.05) is 58.3 Å². The maximum absolute atomic E-state index is 11.9. The molecule has 0 saturated heterocycles. The molecule has 20 heavy (non-hydrogen) atoms. The van der Waals surface area contributed by atoms with E-state index in [0.29, 0.717) is 12.2 Å². The van der Waals surface area contributed by atoms with E-state index in [0.717, 1.165) is 17.3 Å². The minimum absolute atomic E-state index is 0.385. The molecule has 1 heterocycles. The molecule has 0 atom stereocenters. The Hall–Kier alpha value is -0.150. The van der Waals surface area contributed by atoms with Crippen LogP contribution >= 0.6 is 27.3 Å². The highest BCUT2D eigenvalue weighted by Crippen LogP contribution is 2.23. The summed E-state index contributed by atoms with van der Waals surface area (Å²) in [5, 5.41) is 2.03. The largest absolute Gasteiger partial charge is 0.299 e. The number of carbonyl (C=O) groups excluding carboxylic acids is 1. The van der Waals surface area contributed by atoms with E-state index in [9.17, 15) is 4.79 Å². The van der Waals surface area contributed by atoms with Crippen LogP contribution in [0.4, 0.5) is 0 Å². The smallest absolute Gasteiger partial charge is 0.138 e. The van der Waals surface area contributed by atoms with Crippen molar-refractivity contribution in [3.8, 4) is 0 Å². The van der Waals surface area contributed by atoms with E-state index >= 15 is 0 Å². The van der Waals surface area contributed by atoms with Gasteiger partial charge in [-0.15, -0.1) is 11.3 Å². The Bertz CT molecular complexity index is 373. The Labute approximate surface area is 136 Å². The van der Waals surface area contributed by atoms with Crippen LogP contribution in [0.5, 0.6) is 0 Å². The quantitative estimate of drug-likeness (QED) is 0.387. The molecule has 0 unspecified atom stereocenters. The van der Waals surface area contributed by atoms with E-state index < -0.39 is 0 Å². The summed E-state index contributed by atoms with van der Waals surface area (Å²) in [6, 6.07) is 2.02. The molecule has 3 heteroatoms. The van der Waals surface area contributed by atoms with Crippen molar-refractivity contribution in [2.24, 2.45) is 0 Å². The molecule has 0 N–H and O–H groups in total. The van der Waals surface area contributed by atoms with Crippen molar-refractivity contribution >= 4 is 33.0 Å². The average Bonchev–Trinajstić information content (AvgIpc) is 2.82. The van der Waals surface area contributed by atoms with Gasteiger partial charge in [-0.05, 0) is 33.8 Å². The second kappa shape index (κ2) is 11.5. The monoisotopic (exact) mass is 358 g/mol. The number of carbonyl (C=O) groups is 1. The molecule has 0 aliphatic carbocycles. The summed E-state index contributed by atoms with van der Waals surface area (Å²) >= 11 is 5.15. The van der Waals surface area contributed by atoms with Gasteiger partial charge in [0.25, 0.3) is 0 Å². The fraction of sp³-hybridized carbons (Fsp3) is 0.706. The zero-order valence-electron chi connectivity index (χ0n) is 12.6. The molecule has 114 valence electrons. The molecule has 1 nitrogen and oxygen atoms in total. The van der Waals surface area contributed by atoms with Gasteiger partial charge in [-0.3, -0.25) is 4.79 Å². The van der Waals surface area contributed by atoms with E-state index in [4.69, 9.17) is 0 Å². The predicted octanol–water partition coefficient (Wildman–Crippen LogP) is 6.54. The molecule has 0 aromatic carbocycles. The molecule has 0 spiro atoms. The summed E-state index contributed by atoms with van der Waals surface area (Å²) in [5.41, 5.74) is 0. The number of thiophene rings is 1. The van der Waals surface area contributed by atoms with Crippen molar-refractivity contribution in [1.29, 1.82) is 0 Å². The van der Waals surface area contributed by atoms with Gasteiger partial charge in [0, 0.05) is 22.2 Å². The summed E-state index contributed by atoms with van der Waals surface area (Å²) in [5.74, 6) is 0.385. The summed E-state index contributed by atoms with van der Waals surface area (Å²) in [7, 11) is 0. The molecule has 0 radical (unpaired) electrons. The normalized spacial score (nSPS) is 10.9. The Kier molecular flexibility index (Phi) is 10.3. The molecule has 0 bridgehead atoms. The molecule has 0 saturated carbocycles. The van der Waals surface area contributed by atoms with Crippen LogP contribution in [0.15, 0.2) is 15.9 Å². The zero-order chi connectivity index (χ0) is 14.6. The van der Waals surface area contributed by atoms with Crippen LogP contribution in [0.1, 0.15) is 76.0 Å². The van der Waals surface area contributed by atoms with Gasteiger partial charge >= 0.3 is 0 Å². The van der Waals surface area contributed by atoms with Crippen molar-refractivity contribution in [2.45, 2.75) is 77.6 Å². The van der Waals surface area contributed by atoms with Crippen molar-refractivity contribution in [3.05, 3.63) is 20.8 Å². The summed E-state index contributed by atoms with van der Waals surface area (Å²) < 4.78 is 1.09. The van der Waals surface area contributed by atoms with Crippen LogP contribution < -0.4 is 0 Å². The van der Waals surface area contributed by atoms with E-state index in [1.165, 1.54) is 56.2 Å². The van der Waals surface area contributed by atoms with Gasteiger partial charge in [0.2, 0.25) is 0 Å². The second-order valence-corrected chi connectivity index (χ2v) is 7.34. The highest BCUT2D eigenvalue weighted by Gasteiger charge is 2.07. The molecule has 1 rings (SSSR count). The van der Waals surface area contributed by atoms with Crippen LogP contribution in [-0.4, -0.2) is 5.78 Å². The number of hydrogen-bond donors (Lipinski definition) is 0. The molecular formula is C17H27BrOS. The molecule has 1 aromatic rings. The minimum Gasteiger partial charge on any atom is -0.299 e. The molecule has 0 aliphatic heterocycles. The summed E-state index contributed by atoms with van der Waals surface area (Å²) in [6.45, 7) is 2.26. The van der Waals surface area contributed by atoms with Crippen LogP contribution in [0, 0.1) is 0 Å². The molecular weight excluding hydrogens is 332 g/mol. The lowest BCUT2D eigenvalue weighted by atomic mass is 10.0. The third-order valence-corrected chi connectivity index (χ3v) is 5.53. The van der Waals surface area contributed by atoms with Gasteiger partial charge in [0.15, 0.2) is 0 Å². The minimum atomic E-state index is 0.385. The Balaban J connectivity index is 1.93. The maximum Gasteiger partial charge on any atom is 0.138 e. The molecule has 1 aromatic heterocycles. The van der Waals surface area contributed by atoms with E-state index in [1.807, 2.05) is 11.4 Å². The van der Waals surface area contributed by atoms with Gasteiger partial charge in [-0.25, -0.2) is 0 Å². The number of unbranched alkanes of at least 4 members (excludes halogenated alkanes) is 8. The maximum atomic E-state index is 11.9. The second-order valence-electron chi connectivity index (χ2n) is 5.49. The first kappa shape index (κ1) is 17.9. The van der Waals surface area contributed by atoms with Crippen molar-refractivity contribution < 1.29 is 4.79 Å². The number of hydrogen-bond acceptors (Lipinski definition) is 2. The standard InChI is InChI=1S/C17H27BrOS/c1-2-3-4-5-6-7-8-9-10-11-15(19)14-17-16(18)12-13-20-17/h12-13H,2-11,14H2,1H3. The SMILES string of the molecule is CCCCCCCCCCCC(=O)Cc1sccc1Br. The lowest BCUT2D eigenvalue weighted by molar-refractivity contribution is -0.118. The van der Waals surface area contributed by atoms with E-state index in [-0.39, 0.29) is 0 Å². The van der Waals surface area contributed by atoms with Gasteiger partial charge in [0.05, 0.1) is 0 Å². The van der Waals surface area contributed by atoms with Gasteiger partial charge in [0.1, 0.15) is 5.78 Å². The molecule has 0 fully saturated rings. The first-order valence-corrected chi connectivity index (χ1v) is 9.65. The third kappa shape index (κ3) is 8.21. The first-order chi connectivity index (χ1) is 9.74. The highest BCUT2D eigenvalue weighted by atomic mass is 79.9.